The van der Waals surface area contributed by atoms with Gasteiger partial charge in [0.25, 0.3) is 5.56 Å². The summed E-state index contributed by atoms with van der Waals surface area (Å²) in [7, 11) is 1.68. The number of hydrogen-bond donors (Lipinski definition) is 1. The summed E-state index contributed by atoms with van der Waals surface area (Å²) in [6, 6.07) is 11.3. The molecule has 0 aliphatic carbocycles. The van der Waals surface area contributed by atoms with Crippen molar-refractivity contribution in [1.82, 2.24) is 19.3 Å². The van der Waals surface area contributed by atoms with E-state index in [1.54, 1.807) is 24.0 Å². The molecule has 0 bridgehead atoms. The summed E-state index contributed by atoms with van der Waals surface area (Å²) in [5, 5.41) is 4.41. The molecular formula is C18H19N5O2. The summed E-state index contributed by atoms with van der Waals surface area (Å²) in [6.45, 7) is 2.51. The molecule has 0 atom stereocenters. The van der Waals surface area contributed by atoms with Crippen molar-refractivity contribution in [3.05, 3.63) is 69.9 Å². The molecule has 25 heavy (non-hydrogen) atoms. The topological polar surface area (TPSA) is 95.8 Å². The number of aromatic nitrogens is 4. The van der Waals surface area contributed by atoms with Gasteiger partial charge in [0, 0.05) is 24.9 Å². The number of hydrogen-bond acceptors (Lipinski definition) is 4. The summed E-state index contributed by atoms with van der Waals surface area (Å²) in [5.41, 5.74) is 7.99. The van der Waals surface area contributed by atoms with Crippen molar-refractivity contribution in [3.63, 3.8) is 0 Å². The van der Waals surface area contributed by atoms with E-state index in [2.05, 4.69) is 10.1 Å². The summed E-state index contributed by atoms with van der Waals surface area (Å²) < 4.78 is 3.19. The van der Waals surface area contributed by atoms with E-state index in [1.165, 1.54) is 10.6 Å². The minimum absolute atomic E-state index is 0.0430. The first kappa shape index (κ1) is 16.6. The molecule has 3 aromatic rings. The Morgan fingerprint density at radius 1 is 1.24 bits per heavy atom. The largest absolute Gasteiger partial charge is 0.369 e. The molecule has 1 amide bonds. The van der Waals surface area contributed by atoms with Crippen LogP contribution in [0.25, 0.3) is 11.4 Å². The monoisotopic (exact) mass is 337 g/mol. The van der Waals surface area contributed by atoms with Crippen LogP contribution < -0.4 is 11.3 Å². The number of nitrogens with zero attached hydrogens (tertiary/aromatic N) is 4. The van der Waals surface area contributed by atoms with E-state index in [1.807, 2.05) is 31.2 Å². The van der Waals surface area contributed by atoms with E-state index in [0.717, 1.165) is 11.1 Å². The van der Waals surface area contributed by atoms with E-state index < -0.39 is 5.91 Å². The smallest absolute Gasteiger partial charge is 0.250 e. The van der Waals surface area contributed by atoms with Crippen molar-refractivity contribution in [2.24, 2.45) is 12.8 Å². The van der Waals surface area contributed by atoms with Gasteiger partial charge < -0.3 is 10.3 Å². The zero-order valence-electron chi connectivity index (χ0n) is 14.1. The van der Waals surface area contributed by atoms with Gasteiger partial charge in [-0.25, -0.2) is 9.67 Å². The molecule has 0 unspecified atom stereocenters. The van der Waals surface area contributed by atoms with Crippen LogP contribution >= 0.6 is 0 Å². The van der Waals surface area contributed by atoms with Crippen LogP contribution in [0.3, 0.4) is 0 Å². The Balaban J connectivity index is 2.07. The first-order valence-electron chi connectivity index (χ1n) is 7.87. The third-order valence-electron chi connectivity index (χ3n) is 3.99. The van der Waals surface area contributed by atoms with Crippen molar-refractivity contribution in [2.45, 2.75) is 19.9 Å². The van der Waals surface area contributed by atoms with Crippen molar-refractivity contribution in [1.29, 1.82) is 0 Å². The molecule has 0 radical (unpaired) electrons. The lowest BCUT2D eigenvalue weighted by Gasteiger charge is -2.09. The quantitative estimate of drug-likeness (QED) is 0.752. The van der Waals surface area contributed by atoms with E-state index in [9.17, 15) is 9.59 Å². The zero-order chi connectivity index (χ0) is 18.0. The fourth-order valence-electron chi connectivity index (χ4n) is 2.58. The second kappa shape index (κ2) is 6.72. The normalized spacial score (nSPS) is 10.8. The molecule has 0 fully saturated rings. The molecule has 2 heterocycles. The predicted octanol–water partition coefficient (Wildman–Crippen LogP) is 1.03. The van der Waals surface area contributed by atoms with Crippen LogP contribution in [0, 0.1) is 6.92 Å². The molecule has 0 aliphatic rings. The molecule has 0 saturated carbocycles. The number of amides is 1. The minimum atomic E-state index is -0.497. The molecule has 0 spiro atoms. The van der Waals surface area contributed by atoms with E-state index in [-0.39, 0.29) is 12.0 Å². The number of carbonyl (C=O) groups is 1. The predicted molar refractivity (Wildman–Crippen MR) is 93.9 cm³/mol. The molecule has 128 valence electrons. The number of carbonyl (C=O) groups excluding carboxylic acids is 1. The summed E-state index contributed by atoms with van der Waals surface area (Å²) in [4.78, 5) is 27.6. The van der Waals surface area contributed by atoms with Crippen molar-refractivity contribution >= 4 is 5.91 Å². The molecule has 0 saturated heterocycles. The van der Waals surface area contributed by atoms with E-state index in [0.29, 0.717) is 23.8 Å². The van der Waals surface area contributed by atoms with Crippen molar-refractivity contribution in [3.8, 4) is 11.4 Å². The van der Waals surface area contributed by atoms with Crippen LogP contribution in [0.5, 0.6) is 0 Å². The Bertz CT molecular complexity index is 987. The number of primary amides is 1. The highest BCUT2D eigenvalue weighted by Crippen LogP contribution is 2.18. The highest BCUT2D eigenvalue weighted by Gasteiger charge is 2.15. The van der Waals surface area contributed by atoms with Crippen LogP contribution in [-0.2, 0) is 24.8 Å². The fourth-order valence-corrected chi connectivity index (χ4v) is 2.58. The van der Waals surface area contributed by atoms with Crippen LogP contribution in [0.2, 0.25) is 0 Å². The number of aryl methyl sites for hydroxylation is 2. The van der Waals surface area contributed by atoms with Gasteiger partial charge in [0.2, 0.25) is 5.91 Å². The second-order valence-corrected chi connectivity index (χ2v) is 5.94. The average molecular weight is 337 g/mol. The molecule has 7 heteroatoms. The molecule has 0 aliphatic heterocycles. The van der Waals surface area contributed by atoms with E-state index in [4.69, 9.17) is 5.73 Å². The molecule has 3 rings (SSSR count). The van der Waals surface area contributed by atoms with Crippen molar-refractivity contribution in [2.75, 3.05) is 0 Å². The molecule has 7 nitrogen and oxygen atoms in total. The van der Waals surface area contributed by atoms with Crippen LogP contribution in [0.15, 0.2) is 47.4 Å². The van der Waals surface area contributed by atoms with Gasteiger partial charge in [0.05, 0.1) is 13.0 Å². The third-order valence-corrected chi connectivity index (χ3v) is 3.99. The maximum Gasteiger partial charge on any atom is 0.250 e. The van der Waals surface area contributed by atoms with Gasteiger partial charge in [-0.05, 0) is 24.1 Å². The van der Waals surface area contributed by atoms with Gasteiger partial charge in [-0.1, -0.05) is 24.3 Å². The van der Waals surface area contributed by atoms with Crippen LogP contribution in [-0.4, -0.2) is 25.2 Å². The lowest BCUT2D eigenvalue weighted by atomic mass is 10.1. The van der Waals surface area contributed by atoms with Gasteiger partial charge >= 0.3 is 0 Å². The number of benzene rings is 1. The second-order valence-electron chi connectivity index (χ2n) is 5.94. The highest BCUT2D eigenvalue weighted by atomic mass is 16.1. The van der Waals surface area contributed by atoms with Gasteiger partial charge in [0.1, 0.15) is 0 Å². The first-order chi connectivity index (χ1) is 11.9. The Kier molecular flexibility index (Phi) is 4.47. The molecular weight excluding hydrogens is 318 g/mol. The maximum atomic E-state index is 12.0. The summed E-state index contributed by atoms with van der Waals surface area (Å²) >= 11 is 0. The fraction of sp³-hybridized carbons (Fsp3) is 0.222. The lowest BCUT2D eigenvalue weighted by Crippen LogP contribution is -2.15. The number of rotatable bonds is 5. The van der Waals surface area contributed by atoms with Crippen LogP contribution in [0.1, 0.15) is 17.0 Å². The zero-order valence-corrected chi connectivity index (χ0v) is 14.1. The number of pyridine rings is 1. The third kappa shape index (κ3) is 3.65. The average Bonchev–Trinajstić information content (AvgIpc) is 2.94. The van der Waals surface area contributed by atoms with Gasteiger partial charge in [-0.3, -0.25) is 9.59 Å². The standard InChI is InChI=1S/C18H19N5O2/c1-12-5-3-4-6-14(12)11-23-18(20-16(21-23)10-15(19)24)13-7-8-22(2)17(25)9-13/h3-9H,10-11H2,1-2H3,(H2,19,24). The Labute approximate surface area is 144 Å². The Hall–Kier alpha value is -3.22. The lowest BCUT2D eigenvalue weighted by molar-refractivity contribution is -0.117. The van der Waals surface area contributed by atoms with Crippen LogP contribution in [0.4, 0.5) is 0 Å². The molecule has 2 N–H and O–H groups in total. The molecule has 1 aromatic carbocycles. The minimum Gasteiger partial charge on any atom is -0.369 e. The first-order valence-corrected chi connectivity index (χ1v) is 7.87. The highest BCUT2D eigenvalue weighted by molar-refractivity contribution is 5.75. The summed E-state index contributed by atoms with van der Waals surface area (Å²) in [6.07, 6.45) is 1.64. The maximum absolute atomic E-state index is 12.0. The Morgan fingerprint density at radius 2 is 2.00 bits per heavy atom. The SMILES string of the molecule is Cc1ccccc1Cn1nc(CC(N)=O)nc1-c1ccn(C)c(=O)c1. The Morgan fingerprint density at radius 3 is 2.68 bits per heavy atom. The van der Waals surface area contributed by atoms with Gasteiger partial charge in [-0.15, -0.1) is 0 Å². The van der Waals surface area contributed by atoms with Crippen molar-refractivity contribution < 1.29 is 4.79 Å². The van der Waals surface area contributed by atoms with Gasteiger partial charge in [0.15, 0.2) is 11.6 Å². The molecule has 2 aromatic heterocycles. The number of nitrogens with two attached hydrogens (primary N) is 1. The van der Waals surface area contributed by atoms with E-state index >= 15 is 0 Å². The summed E-state index contributed by atoms with van der Waals surface area (Å²) in [5.74, 6) is 0.387. The van der Waals surface area contributed by atoms with Gasteiger partial charge in [-0.2, -0.15) is 5.10 Å².